The van der Waals surface area contributed by atoms with E-state index in [1.807, 2.05) is 54.6 Å². The average Bonchev–Trinajstić information content (AvgIpc) is 2.88. The van der Waals surface area contributed by atoms with Gasteiger partial charge in [0.25, 0.3) is 5.91 Å². The summed E-state index contributed by atoms with van der Waals surface area (Å²) in [6.45, 7) is 4.23. The first-order valence-electron chi connectivity index (χ1n) is 11.9. The summed E-state index contributed by atoms with van der Waals surface area (Å²) in [5.41, 5.74) is 4.50. The minimum absolute atomic E-state index is 0.114. The molecule has 0 atom stereocenters. The van der Waals surface area contributed by atoms with E-state index in [4.69, 9.17) is 4.74 Å². The Kier molecular flexibility index (Phi) is 6.06. The van der Waals surface area contributed by atoms with Crippen molar-refractivity contribution in [2.24, 2.45) is 0 Å². The molecule has 180 valence electrons. The maximum atomic E-state index is 13.1. The fraction of sp³-hybridized carbons (Fsp3) is 0.161. The summed E-state index contributed by atoms with van der Waals surface area (Å²) in [5, 5.41) is 8.51. The number of hydrogen-bond acceptors (Lipinski definition) is 4. The topological polar surface area (TPSA) is 67.4 Å². The van der Waals surface area contributed by atoms with Gasteiger partial charge in [0, 0.05) is 39.7 Å². The van der Waals surface area contributed by atoms with E-state index in [0.717, 1.165) is 34.2 Å². The van der Waals surface area contributed by atoms with Crippen LogP contribution in [0.25, 0.3) is 16.5 Å². The fourth-order valence-electron chi connectivity index (χ4n) is 4.62. The van der Waals surface area contributed by atoms with Crippen LogP contribution in [0.3, 0.4) is 0 Å². The summed E-state index contributed by atoms with van der Waals surface area (Å²) in [6.07, 6.45) is 2.49. The molecule has 5 rings (SSSR count). The van der Waals surface area contributed by atoms with Gasteiger partial charge in [-0.1, -0.05) is 36.4 Å². The van der Waals surface area contributed by atoms with E-state index in [1.165, 1.54) is 5.56 Å². The van der Waals surface area contributed by atoms with Crippen molar-refractivity contribution in [2.45, 2.75) is 25.8 Å². The molecule has 1 aliphatic heterocycles. The highest BCUT2D eigenvalue weighted by Gasteiger charge is 2.28. The maximum Gasteiger partial charge on any atom is 0.255 e. The molecule has 0 radical (unpaired) electrons. The number of nitrogens with one attached hydrogen (secondary N) is 2. The van der Waals surface area contributed by atoms with E-state index < -0.39 is 0 Å². The van der Waals surface area contributed by atoms with E-state index in [2.05, 4.69) is 30.5 Å². The lowest BCUT2D eigenvalue weighted by Crippen LogP contribution is -2.43. The molecule has 1 heterocycles. The number of ether oxygens (including phenoxy) is 1. The van der Waals surface area contributed by atoms with Crippen LogP contribution < -0.4 is 15.4 Å². The maximum absolute atomic E-state index is 13.1. The zero-order valence-electron chi connectivity index (χ0n) is 20.6. The quantitative estimate of drug-likeness (QED) is 0.264. The summed E-state index contributed by atoms with van der Waals surface area (Å²) in [6, 6.07) is 26.5. The van der Waals surface area contributed by atoms with Crippen LogP contribution in [0, 0.1) is 0 Å². The zero-order chi connectivity index (χ0) is 25.3. The molecule has 0 saturated carbocycles. The Hall–Kier alpha value is -4.38. The number of carbonyl (C=O) groups excluding carboxylic acids is 2. The Labute approximate surface area is 210 Å². The second-order valence-electron chi connectivity index (χ2n) is 9.72. The summed E-state index contributed by atoms with van der Waals surface area (Å²) >= 11 is 0. The molecule has 1 aliphatic rings. The van der Waals surface area contributed by atoms with Gasteiger partial charge in [0.05, 0.1) is 7.11 Å². The van der Waals surface area contributed by atoms with Crippen molar-refractivity contribution in [1.29, 1.82) is 0 Å². The highest BCUT2D eigenvalue weighted by molar-refractivity contribution is 6.10. The molecule has 4 aromatic rings. The molecule has 36 heavy (non-hydrogen) atoms. The average molecular weight is 477 g/mol. The number of methoxy groups -OCH3 is 1. The molecule has 0 bridgehead atoms. The molecular formula is C31H28N2O3. The molecule has 0 unspecified atom stereocenters. The van der Waals surface area contributed by atoms with Crippen molar-refractivity contribution in [2.75, 3.05) is 12.4 Å². The Balaban J connectivity index is 1.34. The molecule has 5 heteroatoms. The summed E-state index contributed by atoms with van der Waals surface area (Å²) < 4.78 is 5.39. The third-order valence-corrected chi connectivity index (χ3v) is 6.43. The van der Waals surface area contributed by atoms with Gasteiger partial charge >= 0.3 is 0 Å². The lowest BCUT2D eigenvalue weighted by Gasteiger charge is -2.35. The smallest absolute Gasteiger partial charge is 0.255 e. The fourth-order valence-corrected chi connectivity index (χ4v) is 4.62. The monoisotopic (exact) mass is 476 g/mol. The van der Waals surface area contributed by atoms with E-state index in [1.54, 1.807) is 37.5 Å². The largest absolute Gasteiger partial charge is 0.497 e. The Morgan fingerprint density at radius 1 is 0.889 bits per heavy atom. The second-order valence-corrected chi connectivity index (χ2v) is 9.72. The highest BCUT2D eigenvalue weighted by atomic mass is 16.5. The van der Waals surface area contributed by atoms with Gasteiger partial charge in [-0.2, -0.15) is 0 Å². The van der Waals surface area contributed by atoms with Crippen LogP contribution in [0.2, 0.25) is 0 Å². The molecule has 0 aliphatic carbocycles. The van der Waals surface area contributed by atoms with E-state index in [9.17, 15) is 9.59 Å². The number of hydrogen-bond donors (Lipinski definition) is 2. The summed E-state index contributed by atoms with van der Waals surface area (Å²) in [5.74, 6) is 0.442. The molecule has 1 amide bonds. The molecule has 0 aromatic heterocycles. The molecule has 2 N–H and O–H groups in total. The van der Waals surface area contributed by atoms with Crippen molar-refractivity contribution >= 4 is 33.8 Å². The number of rotatable bonds is 5. The van der Waals surface area contributed by atoms with Crippen LogP contribution in [0.1, 0.15) is 45.7 Å². The van der Waals surface area contributed by atoms with Crippen LogP contribution in [0.15, 0.2) is 91.0 Å². The standard InChI is InChI=1S/C31H28N2O3/c1-31(2)19-24-12-15-26(36-3)17-27(24)28(33-31)18-29(34)21-10-13-25(14-11-21)32-30(35)23-9-8-20-6-4-5-7-22(20)16-23/h4-18,33H,19H2,1-3H3,(H,32,35). The van der Waals surface area contributed by atoms with Crippen LogP contribution in [0.5, 0.6) is 5.75 Å². The lowest BCUT2D eigenvalue weighted by molar-refractivity contribution is 0.102. The van der Waals surface area contributed by atoms with Crippen LogP contribution in [0.4, 0.5) is 5.69 Å². The Morgan fingerprint density at radius 3 is 2.36 bits per heavy atom. The number of amides is 1. The Morgan fingerprint density at radius 2 is 1.61 bits per heavy atom. The van der Waals surface area contributed by atoms with Gasteiger partial charge in [0.2, 0.25) is 0 Å². The minimum Gasteiger partial charge on any atom is -0.497 e. The number of carbonyl (C=O) groups is 2. The third kappa shape index (κ3) is 4.86. The SMILES string of the molecule is COc1ccc2c(c1)C(=CC(=O)c1ccc(NC(=O)c3ccc4ccccc4c3)cc1)NC(C)(C)C2. The first kappa shape index (κ1) is 23.4. The van der Waals surface area contributed by atoms with Crippen molar-refractivity contribution in [3.63, 3.8) is 0 Å². The minimum atomic E-state index is -0.193. The predicted molar refractivity (Wildman–Crippen MR) is 145 cm³/mol. The third-order valence-electron chi connectivity index (χ3n) is 6.43. The zero-order valence-corrected chi connectivity index (χ0v) is 20.6. The molecule has 0 fully saturated rings. The van der Waals surface area contributed by atoms with Gasteiger partial charge in [0.1, 0.15) is 5.75 Å². The molecule has 0 spiro atoms. The summed E-state index contributed by atoms with van der Waals surface area (Å²) in [7, 11) is 1.64. The molecule has 0 saturated heterocycles. The van der Waals surface area contributed by atoms with Gasteiger partial charge in [-0.3, -0.25) is 9.59 Å². The number of benzene rings is 4. The first-order chi connectivity index (χ1) is 17.3. The van der Waals surface area contributed by atoms with Gasteiger partial charge in [0.15, 0.2) is 5.78 Å². The number of anilines is 1. The van der Waals surface area contributed by atoms with Gasteiger partial charge in [-0.25, -0.2) is 0 Å². The van der Waals surface area contributed by atoms with Gasteiger partial charge in [-0.05, 0) is 85.1 Å². The van der Waals surface area contributed by atoms with E-state index >= 15 is 0 Å². The van der Waals surface area contributed by atoms with Crippen molar-refractivity contribution in [3.05, 3.63) is 113 Å². The van der Waals surface area contributed by atoms with Gasteiger partial charge in [-0.15, -0.1) is 0 Å². The van der Waals surface area contributed by atoms with Crippen molar-refractivity contribution in [3.8, 4) is 5.75 Å². The second kappa shape index (κ2) is 9.34. The van der Waals surface area contributed by atoms with Crippen LogP contribution in [-0.4, -0.2) is 24.3 Å². The highest BCUT2D eigenvalue weighted by Crippen LogP contribution is 2.32. The van der Waals surface area contributed by atoms with E-state index in [0.29, 0.717) is 16.8 Å². The van der Waals surface area contributed by atoms with E-state index in [-0.39, 0.29) is 17.2 Å². The molecule has 4 aromatic carbocycles. The predicted octanol–water partition coefficient (Wildman–Crippen LogP) is 6.25. The number of ketones is 1. The normalized spacial score (nSPS) is 15.1. The van der Waals surface area contributed by atoms with Gasteiger partial charge < -0.3 is 15.4 Å². The lowest BCUT2D eigenvalue weighted by atomic mass is 9.85. The number of fused-ring (bicyclic) bond motifs is 2. The van der Waals surface area contributed by atoms with Crippen molar-refractivity contribution < 1.29 is 14.3 Å². The molecule has 5 nitrogen and oxygen atoms in total. The number of allylic oxidation sites excluding steroid dienone is 1. The summed E-state index contributed by atoms with van der Waals surface area (Å²) in [4.78, 5) is 25.9. The van der Waals surface area contributed by atoms with Crippen LogP contribution >= 0.6 is 0 Å². The van der Waals surface area contributed by atoms with Crippen LogP contribution in [-0.2, 0) is 6.42 Å². The molecular weight excluding hydrogens is 448 g/mol. The first-order valence-corrected chi connectivity index (χ1v) is 11.9. The Bertz CT molecular complexity index is 1500. The van der Waals surface area contributed by atoms with Crippen molar-refractivity contribution in [1.82, 2.24) is 5.32 Å².